The van der Waals surface area contributed by atoms with E-state index in [0.29, 0.717) is 23.9 Å². The molecule has 0 aliphatic heterocycles. The average molecular weight is 1010 g/mol. The number of rotatable bonds is 53. The average Bonchev–Trinajstić information content (AvgIpc) is 3.35. The summed E-state index contributed by atoms with van der Waals surface area (Å²) < 4.78 is 22.8. The van der Waals surface area contributed by atoms with E-state index >= 15 is 0 Å². The fourth-order valence-corrected chi connectivity index (χ4v) is 7.94. The second kappa shape index (κ2) is 53.8. The van der Waals surface area contributed by atoms with Crippen molar-refractivity contribution in [3.05, 3.63) is 85.1 Å². The third-order valence-electron chi connectivity index (χ3n) is 12.4. The zero-order chi connectivity index (χ0) is 52.7. The van der Waals surface area contributed by atoms with Gasteiger partial charge in [-0.2, -0.15) is 0 Å². The van der Waals surface area contributed by atoms with Gasteiger partial charge in [0, 0.05) is 12.8 Å². The smallest absolute Gasteiger partial charge is 0.361 e. The van der Waals surface area contributed by atoms with E-state index in [1.165, 1.54) is 122 Å². The van der Waals surface area contributed by atoms with Crippen LogP contribution >= 0.6 is 0 Å². The number of unbranched alkanes of at least 4 members (excludes halogenated alkanes) is 24. The highest BCUT2D eigenvalue weighted by molar-refractivity contribution is 5.71. The molecule has 1 N–H and O–H groups in total. The van der Waals surface area contributed by atoms with E-state index in [1.807, 2.05) is 21.1 Å². The van der Waals surface area contributed by atoms with Crippen molar-refractivity contribution in [3.8, 4) is 0 Å². The molecule has 9 heteroatoms. The van der Waals surface area contributed by atoms with Gasteiger partial charge >= 0.3 is 17.9 Å². The minimum Gasteiger partial charge on any atom is -0.477 e. The summed E-state index contributed by atoms with van der Waals surface area (Å²) in [6.07, 6.45) is 68.0. The Morgan fingerprint density at radius 3 is 1.18 bits per heavy atom. The van der Waals surface area contributed by atoms with Crippen molar-refractivity contribution in [1.29, 1.82) is 0 Å². The SMILES string of the molecule is CC/C=C\C/C=C\C/C=C\C/C=C\C/C=C\C/C=C\C/C=C\CCCCCC(=O)OC(COC(=O)CCCCCCCCCCCCCCCCCCCCCCCC)COC(OCC[N+](C)(C)C)C(=O)O. The minimum absolute atomic E-state index is 0.178. The molecule has 0 rings (SSSR count). The minimum atomic E-state index is -1.52. The molecule has 0 aromatic rings. The lowest BCUT2D eigenvalue weighted by atomic mass is 10.0. The van der Waals surface area contributed by atoms with Gasteiger partial charge < -0.3 is 28.5 Å². The summed E-state index contributed by atoms with van der Waals surface area (Å²) in [5.74, 6) is -2.05. The predicted octanol–water partition coefficient (Wildman–Crippen LogP) is 17.2. The van der Waals surface area contributed by atoms with Crippen molar-refractivity contribution in [1.82, 2.24) is 0 Å². The van der Waals surface area contributed by atoms with Crippen LogP contribution in [0.1, 0.15) is 239 Å². The number of hydrogen-bond acceptors (Lipinski definition) is 7. The van der Waals surface area contributed by atoms with Crippen LogP contribution in [0.4, 0.5) is 0 Å². The van der Waals surface area contributed by atoms with Gasteiger partial charge in [-0.3, -0.25) is 9.59 Å². The maximum atomic E-state index is 12.9. The summed E-state index contributed by atoms with van der Waals surface area (Å²) in [5, 5.41) is 9.70. The van der Waals surface area contributed by atoms with E-state index in [-0.39, 0.29) is 32.2 Å². The molecule has 0 bridgehead atoms. The molecular weight excluding hydrogens is 899 g/mol. The number of allylic oxidation sites excluding steroid dienone is 14. The molecule has 0 aromatic carbocycles. The monoisotopic (exact) mass is 1010 g/mol. The van der Waals surface area contributed by atoms with Gasteiger partial charge in [-0.1, -0.05) is 240 Å². The van der Waals surface area contributed by atoms with Crippen LogP contribution in [0.3, 0.4) is 0 Å². The molecule has 414 valence electrons. The first-order valence-electron chi connectivity index (χ1n) is 29.3. The maximum Gasteiger partial charge on any atom is 0.361 e. The zero-order valence-corrected chi connectivity index (χ0v) is 47.1. The summed E-state index contributed by atoms with van der Waals surface area (Å²) in [4.78, 5) is 37.4. The van der Waals surface area contributed by atoms with Crippen LogP contribution in [-0.2, 0) is 33.3 Å². The van der Waals surface area contributed by atoms with Crippen molar-refractivity contribution in [2.45, 2.75) is 251 Å². The molecule has 2 atom stereocenters. The van der Waals surface area contributed by atoms with Crippen molar-refractivity contribution in [2.75, 3.05) is 47.5 Å². The molecular formula is C63H110NO8+. The molecule has 0 saturated heterocycles. The van der Waals surface area contributed by atoms with Crippen molar-refractivity contribution in [3.63, 3.8) is 0 Å². The number of hydrogen-bond donors (Lipinski definition) is 1. The Kier molecular flexibility index (Phi) is 51.1. The summed E-state index contributed by atoms with van der Waals surface area (Å²) in [5.41, 5.74) is 0. The van der Waals surface area contributed by atoms with Crippen LogP contribution in [0.15, 0.2) is 85.1 Å². The van der Waals surface area contributed by atoms with Gasteiger partial charge in [0.05, 0.1) is 34.4 Å². The van der Waals surface area contributed by atoms with E-state index in [4.69, 9.17) is 18.9 Å². The molecule has 0 heterocycles. The van der Waals surface area contributed by atoms with Crippen LogP contribution in [-0.4, -0.2) is 87.4 Å². The number of esters is 2. The van der Waals surface area contributed by atoms with Gasteiger partial charge in [0.1, 0.15) is 13.2 Å². The number of quaternary nitrogens is 1. The summed E-state index contributed by atoms with van der Waals surface area (Å²) >= 11 is 0. The highest BCUT2D eigenvalue weighted by atomic mass is 16.7. The largest absolute Gasteiger partial charge is 0.477 e. The lowest BCUT2D eigenvalue weighted by Crippen LogP contribution is -2.40. The van der Waals surface area contributed by atoms with Gasteiger partial charge in [0.15, 0.2) is 6.10 Å². The Labute approximate surface area is 442 Å². The summed E-state index contributed by atoms with van der Waals surface area (Å²) in [7, 11) is 5.95. The molecule has 0 aliphatic rings. The number of aliphatic carboxylic acids is 1. The number of likely N-dealkylation sites (N-methyl/N-ethyl adjacent to an activating group) is 1. The summed E-state index contributed by atoms with van der Waals surface area (Å²) in [6, 6.07) is 0. The van der Waals surface area contributed by atoms with Gasteiger partial charge in [0.2, 0.25) is 0 Å². The van der Waals surface area contributed by atoms with Crippen LogP contribution in [0, 0.1) is 0 Å². The van der Waals surface area contributed by atoms with E-state index in [1.54, 1.807) is 0 Å². The first kappa shape index (κ1) is 68.5. The van der Waals surface area contributed by atoms with E-state index in [2.05, 4.69) is 98.9 Å². The second-order valence-electron chi connectivity index (χ2n) is 20.6. The lowest BCUT2D eigenvalue weighted by Gasteiger charge is -2.25. The van der Waals surface area contributed by atoms with Gasteiger partial charge in [-0.05, 0) is 70.6 Å². The molecule has 0 amide bonds. The Morgan fingerprint density at radius 2 is 0.792 bits per heavy atom. The first-order valence-corrected chi connectivity index (χ1v) is 29.3. The molecule has 9 nitrogen and oxygen atoms in total. The highest BCUT2D eigenvalue weighted by Crippen LogP contribution is 2.16. The van der Waals surface area contributed by atoms with E-state index in [9.17, 15) is 19.5 Å². The Bertz CT molecular complexity index is 1450. The molecule has 0 radical (unpaired) electrons. The number of carboxylic acid groups (broad SMARTS) is 1. The fraction of sp³-hybridized carbons (Fsp3) is 0.730. The standard InChI is InChI=1S/C63H109NO8/c1-6-8-10-12-14-16-18-20-22-24-26-28-30-31-32-34-36-38-40-42-44-46-48-50-52-54-61(66)72-59(58-71-63(62(67)68)69-56-55-64(3,4)5)57-70-60(65)53-51-49-47-45-43-41-39-37-35-33-29-27-25-23-21-19-17-15-13-11-9-7-2/h8,10,14,16,20,22,26,28,31-32,36,38,42,44,59,63H,6-7,9,11-13,15,17-19,21,23-25,27,29-30,33-35,37,39-41,43,45-58H2,1-5H3/p+1/b10-8-,16-14-,22-20-,28-26-,32-31-,38-36-,44-42-. The molecule has 72 heavy (non-hydrogen) atoms. The van der Waals surface area contributed by atoms with Crippen LogP contribution in [0.2, 0.25) is 0 Å². The number of ether oxygens (including phenoxy) is 4. The number of carbonyl (C=O) groups is 3. The number of carboxylic acids is 1. The Hall–Kier alpha value is -3.53. The van der Waals surface area contributed by atoms with Crippen LogP contribution in [0.25, 0.3) is 0 Å². The number of nitrogens with zero attached hydrogens (tertiary/aromatic N) is 1. The van der Waals surface area contributed by atoms with Crippen molar-refractivity contribution < 1.29 is 42.9 Å². The molecule has 0 saturated carbocycles. The third-order valence-corrected chi connectivity index (χ3v) is 12.4. The lowest BCUT2D eigenvalue weighted by molar-refractivity contribution is -0.870. The molecule has 2 unspecified atom stereocenters. The van der Waals surface area contributed by atoms with Crippen molar-refractivity contribution >= 4 is 17.9 Å². The molecule has 0 spiro atoms. The maximum absolute atomic E-state index is 12.9. The van der Waals surface area contributed by atoms with E-state index in [0.717, 1.165) is 83.5 Å². The van der Waals surface area contributed by atoms with Crippen LogP contribution < -0.4 is 0 Å². The Balaban J connectivity index is 4.33. The Morgan fingerprint density at radius 1 is 0.431 bits per heavy atom. The highest BCUT2D eigenvalue weighted by Gasteiger charge is 2.25. The first-order chi connectivity index (χ1) is 35.1. The van der Waals surface area contributed by atoms with Gasteiger partial charge in [-0.15, -0.1) is 0 Å². The molecule has 0 aromatic heterocycles. The second-order valence-corrected chi connectivity index (χ2v) is 20.6. The molecule has 0 fully saturated rings. The van der Waals surface area contributed by atoms with Gasteiger partial charge in [-0.25, -0.2) is 4.79 Å². The summed E-state index contributed by atoms with van der Waals surface area (Å²) in [6.45, 7) is 4.74. The fourth-order valence-electron chi connectivity index (χ4n) is 7.94. The topological polar surface area (TPSA) is 108 Å². The predicted molar refractivity (Wildman–Crippen MR) is 304 cm³/mol. The van der Waals surface area contributed by atoms with Crippen LogP contribution in [0.5, 0.6) is 0 Å². The van der Waals surface area contributed by atoms with Crippen molar-refractivity contribution in [2.24, 2.45) is 0 Å². The quantitative estimate of drug-likeness (QED) is 0.0211. The zero-order valence-electron chi connectivity index (χ0n) is 47.1. The molecule has 0 aliphatic carbocycles. The third kappa shape index (κ3) is 54.2. The van der Waals surface area contributed by atoms with Gasteiger partial charge in [0.25, 0.3) is 6.29 Å². The number of carbonyl (C=O) groups excluding carboxylic acids is 2. The normalized spacial score (nSPS) is 13.4. The van der Waals surface area contributed by atoms with E-state index < -0.39 is 24.3 Å².